The van der Waals surface area contributed by atoms with Crippen molar-refractivity contribution in [2.75, 3.05) is 0 Å². The molecule has 0 amide bonds. The number of hydrogen-bond acceptors (Lipinski definition) is 4. The zero-order chi connectivity index (χ0) is 19.1. The summed E-state index contributed by atoms with van der Waals surface area (Å²) in [6, 6.07) is 15.7. The topological polar surface area (TPSA) is 77.1 Å². The fourth-order valence-electron chi connectivity index (χ4n) is 3.18. The van der Waals surface area contributed by atoms with Crippen molar-refractivity contribution < 1.29 is 9.90 Å². The highest BCUT2D eigenvalue weighted by Gasteiger charge is 2.15. The number of Topliss-reactive ketones (excluding diaryl/α,β-unsaturated/α-hetero) is 1. The molecule has 0 unspecified atom stereocenters. The van der Waals surface area contributed by atoms with Crippen LogP contribution < -0.4 is 5.43 Å². The molecule has 0 fully saturated rings. The fraction of sp³-hybridized carbons (Fsp3) is 0.0952. The van der Waals surface area contributed by atoms with Crippen molar-refractivity contribution in [3.05, 3.63) is 76.8 Å². The largest absolute Gasteiger partial charge is 0.503 e. The maximum absolute atomic E-state index is 12.0. The van der Waals surface area contributed by atoms with Crippen LogP contribution >= 0.6 is 0 Å². The predicted octanol–water partition coefficient (Wildman–Crippen LogP) is 3.30. The van der Waals surface area contributed by atoms with Crippen LogP contribution in [0.4, 0.5) is 0 Å². The van der Waals surface area contributed by atoms with E-state index >= 15 is 0 Å². The molecule has 0 aliphatic carbocycles. The summed E-state index contributed by atoms with van der Waals surface area (Å²) in [6.45, 7) is 1.25. The van der Waals surface area contributed by atoms with E-state index in [9.17, 15) is 14.7 Å². The second-order valence-electron chi connectivity index (χ2n) is 6.41. The molecule has 6 heteroatoms. The number of aryl methyl sites for hydroxylation is 1. The molecule has 0 aliphatic rings. The lowest BCUT2D eigenvalue weighted by molar-refractivity contribution is 0.100. The Morgan fingerprint density at radius 2 is 1.89 bits per heavy atom. The SMILES string of the molecule is CC(=O)c1nn(-c2ccccc2-c2ccc3ccn(C)c3c2)cc(O)c1=O. The van der Waals surface area contributed by atoms with Crippen LogP contribution in [0.5, 0.6) is 5.75 Å². The molecule has 4 rings (SSSR count). The minimum Gasteiger partial charge on any atom is -0.503 e. The lowest BCUT2D eigenvalue weighted by atomic mass is 10.0. The van der Waals surface area contributed by atoms with Crippen molar-refractivity contribution in [2.45, 2.75) is 6.92 Å². The molecule has 0 saturated heterocycles. The number of nitrogens with zero attached hydrogens (tertiary/aromatic N) is 3. The molecule has 134 valence electrons. The number of carbonyl (C=O) groups excluding carboxylic acids is 1. The molecule has 0 bridgehead atoms. The highest BCUT2D eigenvalue weighted by Crippen LogP contribution is 2.29. The van der Waals surface area contributed by atoms with Crippen molar-refractivity contribution in [3.8, 4) is 22.6 Å². The number of para-hydroxylation sites is 1. The molecule has 4 aromatic rings. The Morgan fingerprint density at radius 3 is 2.67 bits per heavy atom. The van der Waals surface area contributed by atoms with E-state index in [-0.39, 0.29) is 5.69 Å². The van der Waals surface area contributed by atoms with E-state index < -0.39 is 17.0 Å². The van der Waals surface area contributed by atoms with E-state index in [0.717, 1.165) is 22.0 Å². The van der Waals surface area contributed by atoms with Gasteiger partial charge in [0.1, 0.15) is 0 Å². The zero-order valence-corrected chi connectivity index (χ0v) is 14.9. The van der Waals surface area contributed by atoms with Crippen molar-refractivity contribution in [1.29, 1.82) is 0 Å². The van der Waals surface area contributed by atoms with Gasteiger partial charge in [0, 0.05) is 31.2 Å². The smallest absolute Gasteiger partial charge is 0.252 e. The summed E-state index contributed by atoms with van der Waals surface area (Å²) in [7, 11) is 1.98. The van der Waals surface area contributed by atoms with E-state index in [1.54, 1.807) is 0 Å². The third-order valence-corrected chi connectivity index (χ3v) is 4.58. The number of rotatable bonds is 3. The number of aromatic nitrogens is 3. The third-order valence-electron chi connectivity index (χ3n) is 4.58. The van der Waals surface area contributed by atoms with Gasteiger partial charge in [0.15, 0.2) is 17.2 Å². The molecular weight excluding hydrogens is 342 g/mol. The van der Waals surface area contributed by atoms with Gasteiger partial charge in [-0.05, 0) is 29.1 Å². The molecular formula is C21H17N3O3. The molecule has 2 aromatic heterocycles. The van der Waals surface area contributed by atoms with Crippen LogP contribution in [0.15, 0.2) is 65.7 Å². The summed E-state index contributed by atoms with van der Waals surface area (Å²) in [5.74, 6) is -1.00. The number of carbonyl (C=O) groups is 1. The first-order valence-electron chi connectivity index (χ1n) is 8.44. The molecule has 6 nitrogen and oxygen atoms in total. The van der Waals surface area contributed by atoms with Gasteiger partial charge in [-0.15, -0.1) is 0 Å². The maximum Gasteiger partial charge on any atom is 0.252 e. The van der Waals surface area contributed by atoms with Crippen LogP contribution in [-0.2, 0) is 7.05 Å². The van der Waals surface area contributed by atoms with Gasteiger partial charge in [-0.25, -0.2) is 4.68 Å². The summed E-state index contributed by atoms with van der Waals surface area (Å²) < 4.78 is 3.41. The minimum atomic E-state index is -0.763. The fourth-order valence-corrected chi connectivity index (χ4v) is 3.18. The maximum atomic E-state index is 12.0. The van der Waals surface area contributed by atoms with Crippen LogP contribution in [-0.4, -0.2) is 25.2 Å². The van der Waals surface area contributed by atoms with E-state index in [4.69, 9.17) is 0 Å². The molecule has 0 spiro atoms. The van der Waals surface area contributed by atoms with Crippen molar-refractivity contribution >= 4 is 16.7 Å². The van der Waals surface area contributed by atoms with Gasteiger partial charge >= 0.3 is 0 Å². The number of fused-ring (bicyclic) bond motifs is 1. The van der Waals surface area contributed by atoms with Crippen LogP contribution in [0.25, 0.3) is 27.7 Å². The predicted molar refractivity (Wildman–Crippen MR) is 103 cm³/mol. The lowest BCUT2D eigenvalue weighted by Gasteiger charge is -2.13. The standard InChI is InChI=1S/C21H17N3O3/c1-13(25)20-21(27)19(26)12-24(22-20)17-6-4-3-5-16(17)15-8-7-14-9-10-23(2)18(14)11-15/h3-12,26H,1-2H3. The lowest BCUT2D eigenvalue weighted by Crippen LogP contribution is -2.20. The number of aromatic hydroxyl groups is 1. The van der Waals surface area contributed by atoms with Gasteiger partial charge < -0.3 is 9.67 Å². The molecule has 1 N–H and O–H groups in total. The highest BCUT2D eigenvalue weighted by molar-refractivity contribution is 5.92. The highest BCUT2D eigenvalue weighted by atomic mass is 16.3. The van der Waals surface area contributed by atoms with E-state index in [2.05, 4.69) is 11.2 Å². The molecule has 0 atom stereocenters. The van der Waals surface area contributed by atoms with E-state index in [0.29, 0.717) is 5.69 Å². The second-order valence-corrected chi connectivity index (χ2v) is 6.41. The Bertz CT molecular complexity index is 1250. The Labute approximate surface area is 154 Å². The number of hydrogen-bond donors (Lipinski definition) is 1. The quantitative estimate of drug-likeness (QED) is 0.570. The average molecular weight is 359 g/mol. The van der Waals surface area contributed by atoms with Gasteiger partial charge in [0.25, 0.3) is 5.43 Å². The summed E-state index contributed by atoms with van der Waals surface area (Å²) in [5, 5.41) is 15.3. The Kier molecular flexibility index (Phi) is 3.88. The summed E-state index contributed by atoms with van der Waals surface area (Å²) in [4.78, 5) is 23.7. The van der Waals surface area contributed by atoms with Crippen molar-refractivity contribution in [2.24, 2.45) is 7.05 Å². The molecule has 27 heavy (non-hydrogen) atoms. The molecule has 0 radical (unpaired) electrons. The van der Waals surface area contributed by atoms with Gasteiger partial charge in [-0.3, -0.25) is 9.59 Å². The second kappa shape index (κ2) is 6.25. The first kappa shape index (κ1) is 16.8. The van der Waals surface area contributed by atoms with Gasteiger partial charge in [0.05, 0.1) is 11.9 Å². The number of benzene rings is 2. The first-order chi connectivity index (χ1) is 13.0. The molecule has 2 heterocycles. The van der Waals surface area contributed by atoms with Crippen LogP contribution in [0.2, 0.25) is 0 Å². The van der Waals surface area contributed by atoms with E-state index in [1.807, 2.05) is 60.3 Å². The summed E-state index contributed by atoms with van der Waals surface area (Å²) >= 11 is 0. The number of ketones is 1. The molecule has 0 aliphatic heterocycles. The van der Waals surface area contributed by atoms with Gasteiger partial charge in [0.2, 0.25) is 0 Å². The Hall–Kier alpha value is -3.67. The molecule has 0 saturated carbocycles. The van der Waals surface area contributed by atoms with Crippen LogP contribution in [0.1, 0.15) is 17.4 Å². The third kappa shape index (κ3) is 2.81. The van der Waals surface area contributed by atoms with Gasteiger partial charge in [-0.2, -0.15) is 5.10 Å². The van der Waals surface area contributed by atoms with Crippen molar-refractivity contribution in [3.63, 3.8) is 0 Å². The minimum absolute atomic E-state index is 0.289. The Morgan fingerprint density at radius 1 is 1.11 bits per heavy atom. The van der Waals surface area contributed by atoms with E-state index in [1.165, 1.54) is 17.8 Å². The monoisotopic (exact) mass is 359 g/mol. The normalized spacial score (nSPS) is 11.0. The van der Waals surface area contributed by atoms with Crippen LogP contribution in [0, 0.1) is 0 Å². The average Bonchev–Trinajstić information content (AvgIpc) is 3.04. The zero-order valence-electron chi connectivity index (χ0n) is 14.9. The summed E-state index contributed by atoms with van der Waals surface area (Å²) in [5.41, 5.74) is 2.52. The molecule has 2 aromatic carbocycles. The first-order valence-corrected chi connectivity index (χ1v) is 8.44. The van der Waals surface area contributed by atoms with Crippen molar-refractivity contribution in [1.82, 2.24) is 14.3 Å². The summed E-state index contributed by atoms with van der Waals surface area (Å²) in [6.07, 6.45) is 3.23. The Balaban J connectivity index is 1.95. The van der Waals surface area contributed by atoms with Gasteiger partial charge in [-0.1, -0.05) is 30.3 Å². The van der Waals surface area contributed by atoms with Crippen LogP contribution in [0.3, 0.4) is 0 Å².